The first-order chi connectivity index (χ1) is 9.20. The lowest BCUT2D eigenvalue weighted by molar-refractivity contribution is 0.142. The molecule has 96 valence electrons. The van der Waals surface area contributed by atoms with Crippen LogP contribution < -0.4 is 4.90 Å². The van der Waals surface area contributed by atoms with Crippen molar-refractivity contribution >= 4 is 22.4 Å². The Bertz CT molecular complexity index is 772. The van der Waals surface area contributed by atoms with Crippen molar-refractivity contribution in [2.45, 2.75) is 13.0 Å². The van der Waals surface area contributed by atoms with Crippen molar-refractivity contribution in [3.8, 4) is 0 Å². The lowest BCUT2D eigenvalue weighted by Crippen LogP contribution is -2.50. The maximum absolute atomic E-state index is 9.38. The van der Waals surface area contributed by atoms with Crippen LogP contribution in [0.2, 0.25) is 0 Å². The third-order valence-electron chi connectivity index (χ3n) is 3.77. The molecule has 0 radical (unpaired) electrons. The largest absolute Gasteiger partial charge is 0.389 e. The number of aromatic nitrogens is 2. The molecule has 3 aromatic rings. The van der Waals surface area contributed by atoms with Crippen LogP contribution in [-0.2, 0) is 0 Å². The predicted octanol–water partition coefficient (Wildman–Crippen LogP) is 1.98. The molecule has 0 aliphatic carbocycles. The molecule has 0 bridgehead atoms. The predicted molar refractivity (Wildman–Crippen MR) is 75.7 cm³/mol. The second-order valence-corrected chi connectivity index (χ2v) is 5.28. The quantitative estimate of drug-likeness (QED) is 0.721. The number of hydrogen-bond donors (Lipinski definition) is 1. The molecule has 0 saturated carbocycles. The third kappa shape index (κ3) is 1.60. The Morgan fingerprint density at radius 2 is 2.05 bits per heavy atom. The molecule has 0 unspecified atom stereocenters. The topological polar surface area (TPSA) is 40.8 Å². The lowest BCUT2D eigenvalue weighted by Gasteiger charge is -2.37. The molecule has 1 N–H and O–H groups in total. The Balaban J connectivity index is 1.87. The van der Waals surface area contributed by atoms with Gasteiger partial charge in [0.15, 0.2) is 0 Å². The summed E-state index contributed by atoms with van der Waals surface area (Å²) in [7, 11) is 0. The van der Waals surface area contributed by atoms with E-state index in [1.54, 1.807) is 0 Å². The molecule has 3 heterocycles. The van der Waals surface area contributed by atoms with E-state index < -0.39 is 0 Å². The second-order valence-electron chi connectivity index (χ2n) is 5.28. The van der Waals surface area contributed by atoms with Crippen LogP contribution in [0.15, 0.2) is 36.5 Å². The van der Waals surface area contributed by atoms with Crippen LogP contribution in [0.3, 0.4) is 0 Å². The van der Waals surface area contributed by atoms with Gasteiger partial charge in [0.1, 0.15) is 5.65 Å². The highest BCUT2D eigenvalue weighted by Crippen LogP contribution is 2.25. The molecule has 2 aromatic heterocycles. The van der Waals surface area contributed by atoms with E-state index in [1.165, 1.54) is 5.56 Å². The molecule has 1 aliphatic heterocycles. The van der Waals surface area contributed by atoms with Crippen molar-refractivity contribution in [3.05, 3.63) is 42.1 Å². The maximum atomic E-state index is 9.38. The molecule has 4 heteroatoms. The van der Waals surface area contributed by atoms with Gasteiger partial charge in [-0.25, -0.2) is 4.98 Å². The summed E-state index contributed by atoms with van der Waals surface area (Å²) in [6.07, 6.45) is 1.87. The summed E-state index contributed by atoms with van der Waals surface area (Å²) in [6, 6.07) is 10.5. The van der Waals surface area contributed by atoms with Crippen molar-refractivity contribution in [1.29, 1.82) is 0 Å². The zero-order chi connectivity index (χ0) is 13.0. The van der Waals surface area contributed by atoms with Gasteiger partial charge in [-0.15, -0.1) is 0 Å². The Morgan fingerprint density at radius 3 is 2.84 bits per heavy atom. The number of nitrogens with zero attached hydrogens (tertiary/aromatic N) is 3. The minimum Gasteiger partial charge on any atom is -0.389 e. The molecule has 1 aromatic carbocycles. The van der Waals surface area contributed by atoms with Gasteiger partial charge in [0.2, 0.25) is 0 Å². The normalized spacial score (nSPS) is 16.2. The number of aliphatic hydroxyl groups is 1. The van der Waals surface area contributed by atoms with Gasteiger partial charge >= 0.3 is 0 Å². The van der Waals surface area contributed by atoms with Crippen LogP contribution in [0.25, 0.3) is 16.7 Å². The number of β-amino-alcohol motifs (C(OH)–C–C–N with tert-alkyl or cyclic N) is 1. The number of pyridine rings is 1. The minimum atomic E-state index is -0.183. The lowest BCUT2D eigenvalue weighted by atomic mass is 10.1. The Labute approximate surface area is 110 Å². The zero-order valence-electron chi connectivity index (χ0n) is 10.7. The summed E-state index contributed by atoms with van der Waals surface area (Å²) < 4.78 is 2.11. The summed E-state index contributed by atoms with van der Waals surface area (Å²) in [5.74, 6) is 0. The number of aryl methyl sites for hydroxylation is 1. The van der Waals surface area contributed by atoms with Crippen molar-refractivity contribution in [2.75, 3.05) is 18.0 Å². The third-order valence-corrected chi connectivity index (χ3v) is 3.77. The van der Waals surface area contributed by atoms with E-state index in [-0.39, 0.29) is 6.10 Å². The molecular weight excluding hydrogens is 238 g/mol. The van der Waals surface area contributed by atoms with E-state index in [0.29, 0.717) is 0 Å². The SMILES string of the molecule is Cc1ccc2c(c1)nc1cc(N3CC(O)C3)ccn12. The summed E-state index contributed by atoms with van der Waals surface area (Å²) >= 11 is 0. The van der Waals surface area contributed by atoms with Crippen molar-refractivity contribution in [2.24, 2.45) is 0 Å². The van der Waals surface area contributed by atoms with Crippen molar-refractivity contribution < 1.29 is 5.11 Å². The first-order valence-electron chi connectivity index (χ1n) is 6.52. The average molecular weight is 253 g/mol. The van der Waals surface area contributed by atoms with E-state index in [4.69, 9.17) is 0 Å². The molecule has 1 saturated heterocycles. The molecule has 0 spiro atoms. The number of benzene rings is 1. The molecular formula is C15H15N3O. The molecule has 19 heavy (non-hydrogen) atoms. The highest BCUT2D eigenvalue weighted by atomic mass is 16.3. The fourth-order valence-electron chi connectivity index (χ4n) is 2.68. The monoisotopic (exact) mass is 253 g/mol. The standard InChI is InChI=1S/C15H15N3O/c1-10-2-3-14-13(6-10)16-15-7-11(4-5-18(14)15)17-8-12(19)9-17/h2-7,12,19H,8-9H2,1H3. The van der Waals surface area contributed by atoms with Crippen molar-refractivity contribution in [3.63, 3.8) is 0 Å². The van der Waals surface area contributed by atoms with Crippen molar-refractivity contribution in [1.82, 2.24) is 9.38 Å². The fraction of sp³-hybridized carbons (Fsp3) is 0.267. The number of fused-ring (bicyclic) bond motifs is 3. The zero-order valence-corrected chi connectivity index (χ0v) is 10.7. The van der Waals surface area contributed by atoms with Crippen LogP contribution in [0.1, 0.15) is 5.56 Å². The minimum absolute atomic E-state index is 0.183. The molecule has 1 fully saturated rings. The summed E-state index contributed by atoms with van der Waals surface area (Å²) in [4.78, 5) is 6.83. The van der Waals surface area contributed by atoms with Crippen LogP contribution in [0, 0.1) is 6.92 Å². The molecule has 1 aliphatic rings. The van der Waals surface area contributed by atoms with Crippen LogP contribution in [-0.4, -0.2) is 33.7 Å². The maximum Gasteiger partial charge on any atom is 0.139 e. The molecule has 0 amide bonds. The van der Waals surface area contributed by atoms with Crippen LogP contribution in [0.5, 0.6) is 0 Å². The van der Waals surface area contributed by atoms with Gasteiger partial charge in [-0.3, -0.25) is 4.40 Å². The summed E-state index contributed by atoms with van der Waals surface area (Å²) in [5.41, 5.74) is 5.47. The number of aliphatic hydroxyl groups excluding tert-OH is 1. The Kier molecular flexibility index (Phi) is 2.11. The summed E-state index contributed by atoms with van der Waals surface area (Å²) in [5, 5.41) is 9.38. The highest BCUT2D eigenvalue weighted by Gasteiger charge is 2.24. The van der Waals surface area contributed by atoms with E-state index in [0.717, 1.165) is 35.5 Å². The van der Waals surface area contributed by atoms with Gasteiger partial charge in [-0.2, -0.15) is 0 Å². The van der Waals surface area contributed by atoms with E-state index in [9.17, 15) is 5.11 Å². The van der Waals surface area contributed by atoms with Gasteiger partial charge in [-0.1, -0.05) is 6.07 Å². The highest BCUT2D eigenvalue weighted by molar-refractivity contribution is 5.82. The molecule has 4 rings (SSSR count). The molecule has 4 nitrogen and oxygen atoms in total. The summed E-state index contributed by atoms with van der Waals surface area (Å²) in [6.45, 7) is 3.52. The van der Waals surface area contributed by atoms with Crippen LogP contribution >= 0.6 is 0 Å². The first-order valence-corrected chi connectivity index (χ1v) is 6.52. The number of imidazole rings is 1. The Morgan fingerprint density at radius 1 is 1.21 bits per heavy atom. The van der Waals surface area contributed by atoms with Gasteiger partial charge in [0.05, 0.1) is 17.1 Å². The van der Waals surface area contributed by atoms with E-state index in [2.05, 4.69) is 57.7 Å². The van der Waals surface area contributed by atoms with E-state index >= 15 is 0 Å². The Hall–Kier alpha value is -2.07. The fourth-order valence-corrected chi connectivity index (χ4v) is 2.68. The second kappa shape index (κ2) is 3.71. The van der Waals surface area contributed by atoms with Gasteiger partial charge < -0.3 is 10.0 Å². The number of anilines is 1. The van der Waals surface area contributed by atoms with Crippen LogP contribution in [0.4, 0.5) is 5.69 Å². The van der Waals surface area contributed by atoms with Gasteiger partial charge in [0, 0.05) is 31.0 Å². The smallest absolute Gasteiger partial charge is 0.139 e. The average Bonchev–Trinajstić information content (AvgIpc) is 2.71. The first kappa shape index (κ1) is 10.8. The van der Waals surface area contributed by atoms with E-state index in [1.807, 2.05) is 0 Å². The number of rotatable bonds is 1. The number of hydrogen-bond acceptors (Lipinski definition) is 3. The molecule has 0 atom stereocenters. The van der Waals surface area contributed by atoms with Gasteiger partial charge in [-0.05, 0) is 30.7 Å². The van der Waals surface area contributed by atoms with Gasteiger partial charge in [0.25, 0.3) is 0 Å².